The maximum absolute atomic E-state index is 12.5. The molecule has 0 atom stereocenters. The van der Waals surface area contributed by atoms with Crippen molar-refractivity contribution in [3.63, 3.8) is 0 Å². The first-order chi connectivity index (χ1) is 10.7. The van der Waals surface area contributed by atoms with Gasteiger partial charge in [-0.1, -0.05) is 32.9 Å². The van der Waals surface area contributed by atoms with Crippen LogP contribution in [0.15, 0.2) is 29.2 Å². The third-order valence-corrected chi connectivity index (χ3v) is 5.97. The number of aliphatic hydroxyl groups is 1. The predicted molar refractivity (Wildman–Crippen MR) is 89.9 cm³/mol. The van der Waals surface area contributed by atoms with Crippen molar-refractivity contribution in [2.24, 2.45) is 5.41 Å². The van der Waals surface area contributed by atoms with E-state index in [4.69, 9.17) is 4.74 Å². The van der Waals surface area contributed by atoms with Gasteiger partial charge >= 0.3 is 0 Å². The van der Waals surface area contributed by atoms with E-state index in [1.165, 1.54) is 0 Å². The van der Waals surface area contributed by atoms with E-state index in [1.54, 1.807) is 12.1 Å². The van der Waals surface area contributed by atoms with Gasteiger partial charge in [0.2, 0.25) is 10.0 Å². The van der Waals surface area contributed by atoms with Crippen molar-refractivity contribution in [2.75, 3.05) is 26.4 Å². The van der Waals surface area contributed by atoms with Gasteiger partial charge < -0.3 is 9.84 Å². The summed E-state index contributed by atoms with van der Waals surface area (Å²) in [4.78, 5) is 0.255. The number of ether oxygens (including phenoxy) is 1. The van der Waals surface area contributed by atoms with Crippen molar-refractivity contribution in [3.8, 4) is 0 Å². The van der Waals surface area contributed by atoms with E-state index in [1.807, 2.05) is 12.1 Å². The Balaban J connectivity index is 2.09. The molecule has 0 unspecified atom stereocenters. The van der Waals surface area contributed by atoms with Crippen LogP contribution in [-0.2, 0) is 20.2 Å². The van der Waals surface area contributed by atoms with Gasteiger partial charge in [-0.2, -0.15) is 0 Å². The van der Waals surface area contributed by atoms with Crippen molar-refractivity contribution in [1.82, 2.24) is 4.72 Å². The fourth-order valence-electron chi connectivity index (χ4n) is 2.66. The number of rotatable bonds is 5. The van der Waals surface area contributed by atoms with Crippen molar-refractivity contribution in [3.05, 3.63) is 29.8 Å². The summed E-state index contributed by atoms with van der Waals surface area (Å²) < 4.78 is 32.9. The molecule has 5 nitrogen and oxygen atoms in total. The van der Waals surface area contributed by atoms with Crippen LogP contribution in [-0.4, -0.2) is 39.9 Å². The standard InChI is InChI=1S/C17H27NO4S/c1-16(2,3)14-4-6-15(7-5-14)23(20,21)18-12-17(13-19)8-10-22-11-9-17/h4-7,18-19H,8-13H2,1-3H3. The van der Waals surface area contributed by atoms with E-state index >= 15 is 0 Å². The monoisotopic (exact) mass is 341 g/mol. The Bertz CT molecular complexity index is 611. The number of nitrogens with one attached hydrogen (secondary N) is 1. The lowest BCUT2D eigenvalue weighted by atomic mass is 9.81. The molecule has 0 radical (unpaired) electrons. The van der Waals surface area contributed by atoms with Gasteiger partial charge in [-0.25, -0.2) is 13.1 Å². The van der Waals surface area contributed by atoms with Crippen molar-refractivity contribution < 1.29 is 18.3 Å². The molecule has 1 aromatic rings. The molecule has 23 heavy (non-hydrogen) atoms. The second-order valence-electron chi connectivity index (χ2n) is 7.37. The zero-order valence-corrected chi connectivity index (χ0v) is 14.9. The van der Waals surface area contributed by atoms with Gasteiger partial charge in [0.05, 0.1) is 11.5 Å². The zero-order chi connectivity index (χ0) is 17.1. The van der Waals surface area contributed by atoms with Crippen LogP contribution in [0.25, 0.3) is 0 Å². The highest BCUT2D eigenvalue weighted by Gasteiger charge is 2.33. The number of sulfonamides is 1. The summed E-state index contributed by atoms with van der Waals surface area (Å²) in [6, 6.07) is 6.98. The van der Waals surface area contributed by atoms with Gasteiger partial charge in [0.1, 0.15) is 0 Å². The minimum atomic E-state index is -3.57. The summed E-state index contributed by atoms with van der Waals surface area (Å²) in [5, 5.41) is 9.64. The van der Waals surface area contributed by atoms with Crippen LogP contribution < -0.4 is 4.72 Å². The Morgan fingerprint density at radius 1 is 1.17 bits per heavy atom. The maximum atomic E-state index is 12.5. The van der Waals surface area contributed by atoms with Crippen LogP contribution in [0.2, 0.25) is 0 Å². The van der Waals surface area contributed by atoms with Gasteiger partial charge in [-0.05, 0) is 36.0 Å². The van der Waals surface area contributed by atoms with E-state index in [2.05, 4.69) is 25.5 Å². The SMILES string of the molecule is CC(C)(C)c1ccc(S(=O)(=O)NCC2(CO)CCOCC2)cc1. The number of aliphatic hydroxyl groups excluding tert-OH is 1. The third kappa shape index (κ3) is 4.53. The van der Waals surface area contributed by atoms with Crippen LogP contribution in [0.4, 0.5) is 0 Å². The lowest BCUT2D eigenvalue weighted by molar-refractivity contribution is -0.0126. The molecule has 1 aromatic carbocycles. The normalized spacial score (nSPS) is 18.8. The highest BCUT2D eigenvalue weighted by Crippen LogP contribution is 2.30. The van der Waals surface area contributed by atoms with Gasteiger partial charge in [0.25, 0.3) is 0 Å². The summed E-state index contributed by atoms with van der Waals surface area (Å²) in [6.07, 6.45) is 1.32. The highest BCUT2D eigenvalue weighted by atomic mass is 32.2. The van der Waals surface area contributed by atoms with Crippen LogP contribution in [0.5, 0.6) is 0 Å². The van der Waals surface area contributed by atoms with Crippen molar-refractivity contribution in [1.29, 1.82) is 0 Å². The molecule has 0 amide bonds. The summed E-state index contributed by atoms with van der Waals surface area (Å²) in [7, 11) is -3.57. The first-order valence-corrected chi connectivity index (χ1v) is 9.46. The molecule has 1 heterocycles. The maximum Gasteiger partial charge on any atom is 0.240 e. The Morgan fingerprint density at radius 3 is 2.22 bits per heavy atom. The molecule has 0 aliphatic carbocycles. The molecule has 1 fully saturated rings. The van der Waals surface area contributed by atoms with Gasteiger partial charge in [-0.3, -0.25) is 0 Å². The van der Waals surface area contributed by atoms with E-state index in [0.717, 1.165) is 5.56 Å². The molecule has 1 saturated heterocycles. The molecule has 0 bridgehead atoms. The molecule has 2 N–H and O–H groups in total. The molecule has 6 heteroatoms. The molecule has 130 valence electrons. The van der Waals surface area contributed by atoms with Crippen LogP contribution >= 0.6 is 0 Å². The predicted octanol–water partition coefficient (Wildman–Crippen LogP) is 2.05. The van der Waals surface area contributed by atoms with Crippen molar-refractivity contribution in [2.45, 2.75) is 43.9 Å². The first kappa shape index (κ1) is 18.4. The molecule has 0 saturated carbocycles. The van der Waals surface area contributed by atoms with Gasteiger partial charge in [-0.15, -0.1) is 0 Å². The first-order valence-electron chi connectivity index (χ1n) is 7.97. The second-order valence-corrected chi connectivity index (χ2v) is 9.14. The fourth-order valence-corrected chi connectivity index (χ4v) is 3.82. The van der Waals surface area contributed by atoms with E-state index in [-0.39, 0.29) is 23.5 Å². The van der Waals surface area contributed by atoms with Crippen LogP contribution in [0, 0.1) is 5.41 Å². The molecule has 1 aliphatic heterocycles. The molecular formula is C17H27NO4S. The number of hydrogen-bond acceptors (Lipinski definition) is 4. The largest absolute Gasteiger partial charge is 0.396 e. The van der Waals surface area contributed by atoms with Crippen LogP contribution in [0.3, 0.4) is 0 Å². The molecule has 1 aliphatic rings. The van der Waals surface area contributed by atoms with Gasteiger partial charge in [0.15, 0.2) is 0 Å². The second kappa shape index (κ2) is 6.89. The lowest BCUT2D eigenvalue weighted by Crippen LogP contribution is -2.43. The quantitative estimate of drug-likeness (QED) is 0.859. The minimum Gasteiger partial charge on any atom is -0.396 e. The van der Waals surface area contributed by atoms with E-state index < -0.39 is 15.4 Å². The fraction of sp³-hybridized carbons (Fsp3) is 0.647. The summed E-state index contributed by atoms with van der Waals surface area (Å²) >= 11 is 0. The topological polar surface area (TPSA) is 75.6 Å². The Kier molecular flexibility index (Phi) is 5.51. The minimum absolute atomic E-state index is 0.0151. The molecular weight excluding hydrogens is 314 g/mol. The third-order valence-electron chi connectivity index (χ3n) is 4.56. The molecule has 0 aromatic heterocycles. The Morgan fingerprint density at radius 2 is 1.74 bits per heavy atom. The lowest BCUT2D eigenvalue weighted by Gasteiger charge is -2.35. The van der Waals surface area contributed by atoms with E-state index in [9.17, 15) is 13.5 Å². The Labute approximate surface area is 139 Å². The highest BCUT2D eigenvalue weighted by molar-refractivity contribution is 7.89. The molecule has 2 rings (SSSR count). The summed E-state index contributed by atoms with van der Waals surface area (Å²) in [5.41, 5.74) is 0.655. The summed E-state index contributed by atoms with van der Waals surface area (Å²) in [5.74, 6) is 0. The zero-order valence-electron chi connectivity index (χ0n) is 14.1. The number of hydrogen-bond donors (Lipinski definition) is 2. The number of benzene rings is 1. The summed E-state index contributed by atoms with van der Waals surface area (Å²) in [6.45, 7) is 7.57. The van der Waals surface area contributed by atoms with Crippen LogP contribution in [0.1, 0.15) is 39.2 Å². The Hall–Kier alpha value is -0.950. The molecule has 0 spiro atoms. The average Bonchev–Trinajstić information content (AvgIpc) is 2.53. The average molecular weight is 341 g/mol. The smallest absolute Gasteiger partial charge is 0.240 e. The van der Waals surface area contributed by atoms with E-state index in [0.29, 0.717) is 26.1 Å². The van der Waals surface area contributed by atoms with Gasteiger partial charge in [0, 0.05) is 25.2 Å². The van der Waals surface area contributed by atoms with Crippen molar-refractivity contribution >= 4 is 10.0 Å².